The average Bonchev–Trinajstić information content (AvgIpc) is 3.03. The zero-order valence-corrected chi connectivity index (χ0v) is 11.2. The van der Waals surface area contributed by atoms with Gasteiger partial charge in [0.1, 0.15) is 0 Å². The van der Waals surface area contributed by atoms with Crippen LogP contribution in [0.15, 0.2) is 10.4 Å². The van der Waals surface area contributed by atoms with Gasteiger partial charge < -0.3 is 5.11 Å². The number of nitrogens with zero attached hydrogens (tertiary/aromatic N) is 1. The lowest BCUT2D eigenvalue weighted by molar-refractivity contribution is 0.155. The van der Waals surface area contributed by atoms with Gasteiger partial charge in [0.05, 0.1) is 17.3 Å². The topological polar surface area (TPSA) is 79.3 Å². The van der Waals surface area contributed by atoms with Crippen LogP contribution in [0.25, 0.3) is 0 Å². The van der Waals surface area contributed by atoms with Gasteiger partial charge in [-0.3, -0.25) is 0 Å². The number of aryl methyl sites for hydroxylation is 1. The second kappa shape index (κ2) is 5.01. The number of aromatic nitrogens is 1. The van der Waals surface area contributed by atoms with Gasteiger partial charge >= 0.3 is 0 Å². The maximum Gasteiger partial charge on any atom is 0.251 e. The Morgan fingerprint density at radius 3 is 2.88 bits per heavy atom. The molecule has 0 aliphatic heterocycles. The van der Waals surface area contributed by atoms with Crippen LogP contribution in [0, 0.1) is 5.92 Å². The number of sulfonamides is 1. The van der Waals surface area contributed by atoms with E-state index < -0.39 is 16.1 Å². The van der Waals surface area contributed by atoms with Gasteiger partial charge in [0.2, 0.25) is 0 Å². The number of rotatable bonds is 6. The summed E-state index contributed by atoms with van der Waals surface area (Å²) in [5.41, 5.74) is 0. The highest BCUT2D eigenvalue weighted by Crippen LogP contribution is 2.32. The Balaban J connectivity index is 1.97. The molecule has 1 aromatic heterocycles. The highest BCUT2D eigenvalue weighted by Gasteiger charge is 2.30. The molecule has 1 saturated carbocycles. The molecule has 0 spiro atoms. The fraction of sp³-hybridized carbons (Fsp3) is 0.700. The molecule has 2 rings (SSSR count). The summed E-state index contributed by atoms with van der Waals surface area (Å²) < 4.78 is 26.4. The standard InChI is InChI=1S/C10H16N2O3S2/c1-2-9-11-6-10(16-9)17(14,15)12-5-8(13)7-3-4-7/h6-8,12-13H,2-5H2,1H3. The number of hydrogen-bond acceptors (Lipinski definition) is 5. The van der Waals surface area contributed by atoms with Crippen molar-refractivity contribution in [2.24, 2.45) is 5.92 Å². The van der Waals surface area contributed by atoms with E-state index in [2.05, 4.69) is 9.71 Å². The van der Waals surface area contributed by atoms with Gasteiger partial charge in [-0.2, -0.15) is 0 Å². The van der Waals surface area contributed by atoms with Gasteiger partial charge in [-0.15, -0.1) is 11.3 Å². The zero-order valence-electron chi connectivity index (χ0n) is 9.59. The summed E-state index contributed by atoms with van der Waals surface area (Å²) in [7, 11) is -3.50. The summed E-state index contributed by atoms with van der Waals surface area (Å²) in [5, 5.41) is 10.4. The Morgan fingerprint density at radius 2 is 2.35 bits per heavy atom. The van der Waals surface area contributed by atoms with Crippen LogP contribution < -0.4 is 4.72 Å². The third kappa shape index (κ3) is 3.25. The van der Waals surface area contributed by atoms with Gasteiger partial charge in [-0.25, -0.2) is 18.1 Å². The minimum Gasteiger partial charge on any atom is -0.391 e. The Morgan fingerprint density at radius 1 is 1.65 bits per heavy atom. The molecule has 1 heterocycles. The molecule has 1 fully saturated rings. The van der Waals surface area contributed by atoms with E-state index in [1.807, 2.05) is 6.92 Å². The molecule has 5 nitrogen and oxygen atoms in total. The van der Waals surface area contributed by atoms with Crippen LogP contribution in [0.5, 0.6) is 0 Å². The third-order valence-corrected chi connectivity index (χ3v) is 5.77. The lowest BCUT2D eigenvalue weighted by atomic mass is 10.2. The molecule has 1 atom stereocenters. The van der Waals surface area contributed by atoms with Crippen molar-refractivity contribution in [3.05, 3.63) is 11.2 Å². The first-order chi connectivity index (χ1) is 8.03. The van der Waals surface area contributed by atoms with E-state index in [1.54, 1.807) is 0 Å². The van der Waals surface area contributed by atoms with Gasteiger partial charge in [-0.1, -0.05) is 6.92 Å². The van der Waals surface area contributed by atoms with Crippen LogP contribution in [0.1, 0.15) is 24.8 Å². The molecular weight excluding hydrogens is 260 g/mol. The second-order valence-corrected chi connectivity index (χ2v) is 7.29. The monoisotopic (exact) mass is 276 g/mol. The Hall–Kier alpha value is -0.500. The van der Waals surface area contributed by atoms with E-state index in [-0.39, 0.29) is 16.7 Å². The minimum atomic E-state index is -3.50. The molecule has 1 unspecified atom stereocenters. The van der Waals surface area contributed by atoms with Gasteiger partial charge in [-0.05, 0) is 25.2 Å². The summed E-state index contributed by atoms with van der Waals surface area (Å²) in [5.74, 6) is 0.269. The Labute approximate surface area is 105 Å². The SMILES string of the molecule is CCc1ncc(S(=O)(=O)NCC(O)C2CC2)s1. The van der Waals surface area contributed by atoms with E-state index in [0.717, 1.165) is 24.3 Å². The predicted octanol–water partition coefficient (Wildman–Crippen LogP) is 0.755. The second-order valence-electron chi connectivity index (χ2n) is 4.18. The largest absolute Gasteiger partial charge is 0.391 e. The number of hydrogen-bond donors (Lipinski definition) is 2. The van der Waals surface area contributed by atoms with Crippen LogP contribution in [0.2, 0.25) is 0 Å². The van der Waals surface area contributed by atoms with Gasteiger partial charge in [0, 0.05) is 6.54 Å². The van der Waals surface area contributed by atoms with Crippen molar-refractivity contribution in [2.75, 3.05) is 6.54 Å². The van der Waals surface area contributed by atoms with E-state index in [1.165, 1.54) is 17.5 Å². The van der Waals surface area contributed by atoms with Crippen molar-refractivity contribution in [3.8, 4) is 0 Å². The molecule has 7 heteroatoms. The van der Waals surface area contributed by atoms with Gasteiger partial charge in [0.15, 0.2) is 4.21 Å². The van der Waals surface area contributed by atoms with E-state index in [4.69, 9.17) is 0 Å². The fourth-order valence-electron chi connectivity index (χ4n) is 1.50. The Bertz CT molecular complexity index is 479. The van der Waals surface area contributed by atoms with Crippen molar-refractivity contribution < 1.29 is 13.5 Å². The molecular formula is C10H16N2O3S2. The van der Waals surface area contributed by atoms with Crippen molar-refractivity contribution >= 4 is 21.4 Å². The lowest BCUT2D eigenvalue weighted by Crippen LogP contribution is -2.32. The first-order valence-electron chi connectivity index (χ1n) is 5.65. The molecule has 17 heavy (non-hydrogen) atoms. The summed E-state index contributed by atoms with van der Waals surface area (Å²) in [6, 6.07) is 0. The lowest BCUT2D eigenvalue weighted by Gasteiger charge is -2.09. The number of nitrogens with one attached hydrogen (secondary N) is 1. The summed E-state index contributed by atoms with van der Waals surface area (Å²) in [4.78, 5) is 4.01. The highest BCUT2D eigenvalue weighted by atomic mass is 32.2. The first kappa shape index (κ1) is 12.9. The number of thiazole rings is 1. The average molecular weight is 276 g/mol. The molecule has 0 aromatic carbocycles. The van der Waals surface area contributed by atoms with Crippen molar-refractivity contribution in [2.45, 2.75) is 36.5 Å². The van der Waals surface area contributed by atoms with Crippen molar-refractivity contribution in [1.29, 1.82) is 0 Å². The fourth-order valence-corrected chi connectivity index (χ4v) is 3.71. The van der Waals surface area contributed by atoms with E-state index >= 15 is 0 Å². The maximum atomic E-state index is 11.9. The molecule has 2 N–H and O–H groups in total. The normalized spacial score (nSPS) is 18.2. The maximum absolute atomic E-state index is 11.9. The van der Waals surface area contributed by atoms with E-state index in [0.29, 0.717) is 0 Å². The molecule has 96 valence electrons. The highest BCUT2D eigenvalue weighted by molar-refractivity contribution is 7.91. The van der Waals surface area contributed by atoms with Crippen molar-refractivity contribution in [3.63, 3.8) is 0 Å². The molecule has 0 amide bonds. The smallest absolute Gasteiger partial charge is 0.251 e. The Kier molecular flexibility index (Phi) is 3.82. The molecule has 1 aromatic rings. The van der Waals surface area contributed by atoms with Crippen LogP contribution in [0.3, 0.4) is 0 Å². The van der Waals surface area contributed by atoms with E-state index in [9.17, 15) is 13.5 Å². The van der Waals surface area contributed by atoms with Gasteiger partial charge in [0.25, 0.3) is 10.0 Å². The summed E-state index contributed by atoms with van der Waals surface area (Å²) in [6.45, 7) is 2.02. The molecule has 0 saturated heterocycles. The first-order valence-corrected chi connectivity index (χ1v) is 7.95. The zero-order chi connectivity index (χ0) is 12.5. The number of aliphatic hydroxyl groups excluding tert-OH is 1. The quantitative estimate of drug-likeness (QED) is 0.804. The summed E-state index contributed by atoms with van der Waals surface area (Å²) >= 11 is 1.17. The van der Waals surface area contributed by atoms with Crippen LogP contribution in [0.4, 0.5) is 0 Å². The molecule has 0 radical (unpaired) electrons. The van der Waals surface area contributed by atoms with Crippen molar-refractivity contribution in [1.82, 2.24) is 9.71 Å². The predicted molar refractivity (Wildman–Crippen MR) is 65.4 cm³/mol. The van der Waals surface area contributed by atoms with Crippen LogP contribution in [-0.2, 0) is 16.4 Å². The van der Waals surface area contributed by atoms with Crippen LogP contribution >= 0.6 is 11.3 Å². The summed E-state index contributed by atoms with van der Waals surface area (Å²) in [6.07, 6.45) is 3.51. The van der Waals surface area contributed by atoms with Crippen LogP contribution in [-0.4, -0.2) is 31.2 Å². The molecule has 1 aliphatic rings. The molecule has 1 aliphatic carbocycles. The number of aliphatic hydroxyl groups is 1. The molecule has 0 bridgehead atoms. The third-order valence-electron chi connectivity index (χ3n) is 2.75. The minimum absolute atomic E-state index is 0.0896.